The predicted molar refractivity (Wildman–Crippen MR) is 87.2 cm³/mol. The summed E-state index contributed by atoms with van der Waals surface area (Å²) < 4.78 is 6.01. The van der Waals surface area contributed by atoms with Gasteiger partial charge in [-0.15, -0.1) is 0 Å². The van der Waals surface area contributed by atoms with E-state index in [9.17, 15) is 9.59 Å². The number of hydrogen-bond donors (Lipinski definition) is 0. The van der Waals surface area contributed by atoms with Crippen LogP contribution in [0, 0.1) is 0 Å². The first kappa shape index (κ1) is 15.1. The quantitative estimate of drug-likeness (QED) is 0.845. The molecule has 5 nitrogen and oxygen atoms in total. The average molecular weight is 334 g/mol. The molecule has 3 fully saturated rings. The molecule has 0 unspecified atom stereocenters. The van der Waals surface area contributed by atoms with Gasteiger partial charge in [0, 0.05) is 26.1 Å². The van der Waals surface area contributed by atoms with Crippen LogP contribution in [-0.2, 0) is 20.7 Å². The van der Waals surface area contributed by atoms with Crippen molar-refractivity contribution in [3.05, 3.63) is 22.4 Å². The van der Waals surface area contributed by atoms with Crippen LogP contribution in [0.4, 0.5) is 0 Å². The summed E-state index contributed by atoms with van der Waals surface area (Å²) in [6, 6.07) is 2.18. The number of nitrogens with zero attached hydrogens (tertiary/aromatic N) is 2. The van der Waals surface area contributed by atoms with Crippen LogP contribution in [-0.4, -0.2) is 59.5 Å². The van der Waals surface area contributed by atoms with Crippen LogP contribution in [0.1, 0.15) is 31.2 Å². The van der Waals surface area contributed by atoms with E-state index in [1.165, 1.54) is 0 Å². The number of likely N-dealkylation sites (tertiary alicyclic amines) is 2. The fourth-order valence-electron chi connectivity index (χ4n) is 4.18. The third kappa shape index (κ3) is 2.78. The van der Waals surface area contributed by atoms with Crippen LogP contribution in [0.15, 0.2) is 16.8 Å². The average Bonchev–Trinajstić information content (AvgIpc) is 3.26. The molecule has 1 aromatic rings. The Hall–Kier alpha value is -1.40. The molecule has 6 heteroatoms. The predicted octanol–water partition coefficient (Wildman–Crippen LogP) is 1.67. The van der Waals surface area contributed by atoms with E-state index in [-0.39, 0.29) is 30.0 Å². The molecule has 0 spiro atoms. The lowest BCUT2D eigenvalue weighted by Crippen LogP contribution is -2.48. The summed E-state index contributed by atoms with van der Waals surface area (Å²) in [5, 5.41) is 4.04. The van der Waals surface area contributed by atoms with Crippen molar-refractivity contribution in [1.82, 2.24) is 9.80 Å². The molecule has 4 rings (SSSR count). The van der Waals surface area contributed by atoms with E-state index in [1.807, 2.05) is 26.6 Å². The number of ether oxygens (including phenoxy) is 1. The Kier molecular flexibility index (Phi) is 4.11. The standard InChI is InChI=1S/C17H22N2O3S/c20-15-4-1-6-18(15)14-10-19(13-3-2-7-22-17(13)14)16(21)9-12-5-8-23-11-12/h5,8,11,13-14,17H,1-4,6-7,9-10H2/t13-,14-,17+/m1/s1. The summed E-state index contributed by atoms with van der Waals surface area (Å²) in [4.78, 5) is 28.9. The number of fused-ring (bicyclic) bond motifs is 1. The molecule has 4 heterocycles. The Balaban J connectivity index is 1.52. The van der Waals surface area contributed by atoms with Gasteiger partial charge in [0.25, 0.3) is 0 Å². The zero-order valence-electron chi connectivity index (χ0n) is 13.1. The third-order valence-electron chi connectivity index (χ3n) is 5.26. The highest BCUT2D eigenvalue weighted by Gasteiger charge is 2.49. The lowest BCUT2D eigenvalue weighted by molar-refractivity contribution is -0.133. The Morgan fingerprint density at radius 2 is 2.26 bits per heavy atom. The smallest absolute Gasteiger partial charge is 0.227 e. The first-order valence-corrected chi connectivity index (χ1v) is 9.40. The molecule has 0 aromatic carbocycles. The normalized spacial score (nSPS) is 30.8. The summed E-state index contributed by atoms with van der Waals surface area (Å²) >= 11 is 1.62. The molecule has 0 radical (unpaired) electrons. The van der Waals surface area contributed by atoms with Gasteiger partial charge >= 0.3 is 0 Å². The molecular weight excluding hydrogens is 312 g/mol. The van der Waals surface area contributed by atoms with Crippen molar-refractivity contribution in [2.24, 2.45) is 0 Å². The fourth-order valence-corrected chi connectivity index (χ4v) is 4.85. The van der Waals surface area contributed by atoms with Crippen molar-refractivity contribution in [2.45, 2.75) is 50.3 Å². The second-order valence-electron chi connectivity index (χ2n) is 6.66. The van der Waals surface area contributed by atoms with Crippen LogP contribution in [0.5, 0.6) is 0 Å². The summed E-state index contributed by atoms with van der Waals surface area (Å²) in [6.07, 6.45) is 3.99. The maximum absolute atomic E-state index is 12.8. The number of amides is 2. The number of rotatable bonds is 3. The largest absolute Gasteiger partial charge is 0.374 e. The molecule has 124 valence electrons. The van der Waals surface area contributed by atoms with Crippen LogP contribution in [0.2, 0.25) is 0 Å². The van der Waals surface area contributed by atoms with E-state index in [0.717, 1.165) is 38.0 Å². The highest BCUT2D eigenvalue weighted by atomic mass is 32.1. The van der Waals surface area contributed by atoms with Gasteiger partial charge in [0.05, 0.1) is 24.6 Å². The first-order chi connectivity index (χ1) is 11.2. The summed E-state index contributed by atoms with van der Waals surface area (Å²) in [5.74, 6) is 0.383. The van der Waals surface area contributed by atoms with Gasteiger partial charge in [-0.05, 0) is 41.7 Å². The molecule has 3 saturated heterocycles. The summed E-state index contributed by atoms with van der Waals surface area (Å²) in [7, 11) is 0. The maximum atomic E-state index is 12.8. The van der Waals surface area contributed by atoms with Gasteiger partial charge in [-0.25, -0.2) is 0 Å². The van der Waals surface area contributed by atoms with Crippen molar-refractivity contribution < 1.29 is 14.3 Å². The maximum Gasteiger partial charge on any atom is 0.227 e. The van der Waals surface area contributed by atoms with Gasteiger partial charge in [-0.1, -0.05) is 0 Å². The van der Waals surface area contributed by atoms with Gasteiger partial charge in [0.15, 0.2) is 0 Å². The zero-order valence-corrected chi connectivity index (χ0v) is 14.0. The van der Waals surface area contributed by atoms with E-state index >= 15 is 0 Å². The number of carbonyl (C=O) groups is 2. The van der Waals surface area contributed by atoms with Crippen molar-refractivity contribution in [1.29, 1.82) is 0 Å². The van der Waals surface area contributed by atoms with Crippen molar-refractivity contribution in [3.63, 3.8) is 0 Å². The first-order valence-electron chi connectivity index (χ1n) is 8.45. The molecule has 23 heavy (non-hydrogen) atoms. The SMILES string of the molecule is O=C1CCCN1[C@@H]1CN(C(=O)Cc2ccsc2)[C@@H]2CCCO[C@H]12. The lowest BCUT2D eigenvalue weighted by atomic mass is 10.00. The third-order valence-corrected chi connectivity index (χ3v) is 6.00. The number of carbonyl (C=O) groups excluding carboxylic acids is 2. The van der Waals surface area contributed by atoms with E-state index < -0.39 is 0 Å². The Morgan fingerprint density at radius 3 is 3.00 bits per heavy atom. The van der Waals surface area contributed by atoms with E-state index in [1.54, 1.807) is 11.3 Å². The zero-order chi connectivity index (χ0) is 15.8. The van der Waals surface area contributed by atoms with E-state index in [2.05, 4.69) is 0 Å². The van der Waals surface area contributed by atoms with Gasteiger partial charge in [-0.2, -0.15) is 11.3 Å². The minimum atomic E-state index is -0.00257. The molecule has 0 N–H and O–H groups in total. The van der Waals surface area contributed by atoms with Crippen LogP contribution >= 0.6 is 11.3 Å². The van der Waals surface area contributed by atoms with Crippen molar-refractivity contribution in [2.75, 3.05) is 19.7 Å². The van der Waals surface area contributed by atoms with Crippen LogP contribution in [0.3, 0.4) is 0 Å². The minimum absolute atomic E-state index is 0.00257. The van der Waals surface area contributed by atoms with Crippen LogP contribution < -0.4 is 0 Å². The van der Waals surface area contributed by atoms with Gasteiger partial charge in [-0.3, -0.25) is 9.59 Å². The summed E-state index contributed by atoms with van der Waals surface area (Å²) in [6.45, 7) is 2.18. The van der Waals surface area contributed by atoms with Crippen molar-refractivity contribution in [3.8, 4) is 0 Å². The number of thiophene rings is 1. The molecular formula is C17H22N2O3S. The van der Waals surface area contributed by atoms with Gasteiger partial charge in [0.2, 0.25) is 11.8 Å². The Labute approximate surface area is 140 Å². The van der Waals surface area contributed by atoms with Crippen LogP contribution in [0.25, 0.3) is 0 Å². The Bertz CT molecular complexity index is 589. The van der Waals surface area contributed by atoms with E-state index in [4.69, 9.17) is 4.74 Å². The monoisotopic (exact) mass is 334 g/mol. The molecule has 3 aliphatic heterocycles. The number of hydrogen-bond acceptors (Lipinski definition) is 4. The Morgan fingerprint density at radius 1 is 1.35 bits per heavy atom. The second kappa shape index (κ2) is 6.24. The van der Waals surface area contributed by atoms with Gasteiger partial charge in [0.1, 0.15) is 0 Å². The lowest BCUT2D eigenvalue weighted by Gasteiger charge is -2.34. The molecule has 3 aliphatic rings. The molecule has 0 aliphatic carbocycles. The highest BCUT2D eigenvalue weighted by Crippen LogP contribution is 2.34. The van der Waals surface area contributed by atoms with Gasteiger partial charge < -0.3 is 14.5 Å². The van der Waals surface area contributed by atoms with E-state index in [0.29, 0.717) is 19.4 Å². The highest BCUT2D eigenvalue weighted by molar-refractivity contribution is 7.08. The minimum Gasteiger partial charge on any atom is -0.374 e. The topological polar surface area (TPSA) is 49.9 Å². The molecule has 1 aromatic heterocycles. The molecule has 3 atom stereocenters. The molecule has 0 saturated carbocycles. The molecule has 2 amide bonds. The summed E-state index contributed by atoms with van der Waals surface area (Å²) in [5.41, 5.74) is 1.08. The fraction of sp³-hybridized carbons (Fsp3) is 0.647. The van der Waals surface area contributed by atoms with Crippen molar-refractivity contribution >= 4 is 23.2 Å². The second-order valence-corrected chi connectivity index (χ2v) is 7.44. The molecule has 0 bridgehead atoms.